The van der Waals surface area contributed by atoms with Crippen molar-refractivity contribution < 1.29 is 9.59 Å². The Morgan fingerprint density at radius 2 is 1.00 bits per heavy atom. The molecule has 0 aliphatic rings. The van der Waals surface area contributed by atoms with Crippen molar-refractivity contribution >= 4 is 50.6 Å². The van der Waals surface area contributed by atoms with Crippen molar-refractivity contribution in [3.8, 4) is 0 Å². The lowest BCUT2D eigenvalue weighted by Gasteiger charge is -1.96. The summed E-state index contributed by atoms with van der Waals surface area (Å²) in [5.74, 6) is -0.879. The first kappa shape index (κ1) is 19.4. The quantitative estimate of drug-likeness (QED) is 0.632. The van der Waals surface area contributed by atoms with Crippen LogP contribution in [0, 0.1) is 0 Å². The first-order valence-corrected chi connectivity index (χ1v) is 6.48. The molecule has 7 heteroatoms. The van der Waals surface area contributed by atoms with Gasteiger partial charge in [-0.15, -0.1) is 25.3 Å². The second-order valence-electron chi connectivity index (χ2n) is 3.76. The van der Waals surface area contributed by atoms with E-state index in [1.54, 1.807) is 48.5 Å². The van der Waals surface area contributed by atoms with Crippen LogP contribution in [0.5, 0.6) is 0 Å². The molecule has 0 aliphatic carbocycles. The van der Waals surface area contributed by atoms with E-state index in [1.807, 2.05) is 0 Å². The van der Waals surface area contributed by atoms with E-state index in [1.165, 1.54) is 0 Å². The molecule has 0 saturated heterocycles. The highest BCUT2D eigenvalue weighted by Gasteiger charge is 2.02. The summed E-state index contributed by atoms with van der Waals surface area (Å²) in [6.45, 7) is 0. The van der Waals surface area contributed by atoms with Crippen molar-refractivity contribution in [1.29, 1.82) is 0 Å². The molecule has 112 valence electrons. The van der Waals surface area contributed by atoms with E-state index in [-0.39, 0.29) is 13.5 Å². The third kappa shape index (κ3) is 6.16. The minimum absolute atomic E-state index is 0. The molecule has 0 heterocycles. The molecule has 0 unspecified atom stereocenters. The SMILES string of the molecule is NC(=O)c1ccccc1S.NC(=O)c1ccccc1S.S. The molecule has 2 aromatic rings. The highest BCUT2D eigenvalue weighted by atomic mass is 32.1. The largest absolute Gasteiger partial charge is 0.366 e. The van der Waals surface area contributed by atoms with Gasteiger partial charge >= 0.3 is 0 Å². The number of primary amides is 2. The molecule has 0 bridgehead atoms. The van der Waals surface area contributed by atoms with Gasteiger partial charge in [-0.3, -0.25) is 9.59 Å². The monoisotopic (exact) mass is 340 g/mol. The number of hydrogen-bond acceptors (Lipinski definition) is 4. The van der Waals surface area contributed by atoms with Gasteiger partial charge in [0.1, 0.15) is 0 Å². The van der Waals surface area contributed by atoms with Crippen molar-refractivity contribution in [2.75, 3.05) is 0 Å². The minimum atomic E-state index is -0.439. The van der Waals surface area contributed by atoms with Crippen LogP contribution in [-0.2, 0) is 0 Å². The minimum Gasteiger partial charge on any atom is -0.366 e. The maximum absolute atomic E-state index is 10.6. The summed E-state index contributed by atoms with van der Waals surface area (Å²) in [5.41, 5.74) is 11.0. The molecule has 4 nitrogen and oxygen atoms in total. The van der Waals surface area contributed by atoms with Gasteiger partial charge in [-0.2, -0.15) is 13.5 Å². The zero-order chi connectivity index (χ0) is 15.1. The third-order valence-electron chi connectivity index (χ3n) is 2.34. The molecule has 0 fully saturated rings. The van der Waals surface area contributed by atoms with E-state index >= 15 is 0 Å². The molecule has 21 heavy (non-hydrogen) atoms. The molecule has 2 aromatic carbocycles. The van der Waals surface area contributed by atoms with Crippen molar-refractivity contribution in [1.82, 2.24) is 0 Å². The molecule has 0 spiro atoms. The fourth-order valence-electron chi connectivity index (χ4n) is 1.36. The smallest absolute Gasteiger partial charge is 0.249 e. The van der Waals surface area contributed by atoms with E-state index in [4.69, 9.17) is 11.5 Å². The first-order valence-electron chi connectivity index (χ1n) is 5.59. The Labute approximate surface area is 141 Å². The van der Waals surface area contributed by atoms with Crippen LogP contribution in [-0.4, -0.2) is 11.8 Å². The number of benzene rings is 2. The molecule has 0 radical (unpaired) electrons. The normalized spacial score (nSPS) is 8.86. The Morgan fingerprint density at radius 1 is 0.714 bits per heavy atom. The summed E-state index contributed by atoms with van der Waals surface area (Å²) in [6.07, 6.45) is 0. The lowest BCUT2D eigenvalue weighted by atomic mass is 10.2. The zero-order valence-electron chi connectivity index (χ0n) is 11.0. The molecule has 2 rings (SSSR count). The van der Waals surface area contributed by atoms with Gasteiger partial charge in [0.15, 0.2) is 0 Å². The van der Waals surface area contributed by atoms with Crippen molar-refractivity contribution in [3.63, 3.8) is 0 Å². The first-order chi connectivity index (χ1) is 9.43. The van der Waals surface area contributed by atoms with E-state index in [2.05, 4.69) is 25.3 Å². The van der Waals surface area contributed by atoms with Crippen LogP contribution in [0.25, 0.3) is 0 Å². The van der Waals surface area contributed by atoms with Gasteiger partial charge in [0.2, 0.25) is 11.8 Å². The second kappa shape index (κ2) is 9.38. The average molecular weight is 340 g/mol. The predicted molar refractivity (Wildman–Crippen MR) is 94.8 cm³/mol. The summed E-state index contributed by atoms with van der Waals surface area (Å²) < 4.78 is 0. The summed E-state index contributed by atoms with van der Waals surface area (Å²) in [5, 5.41) is 0. The number of carbonyl (C=O) groups is 2. The Kier molecular flexibility index (Phi) is 8.68. The summed E-state index contributed by atoms with van der Waals surface area (Å²) >= 11 is 8.07. The predicted octanol–water partition coefficient (Wildman–Crippen LogP) is 2.26. The number of hydrogen-bond donors (Lipinski definition) is 4. The van der Waals surface area contributed by atoms with Crippen LogP contribution in [0.3, 0.4) is 0 Å². The summed E-state index contributed by atoms with van der Waals surface area (Å²) in [6, 6.07) is 13.8. The van der Waals surface area contributed by atoms with Gasteiger partial charge in [0.05, 0.1) is 11.1 Å². The van der Waals surface area contributed by atoms with E-state index in [9.17, 15) is 9.59 Å². The van der Waals surface area contributed by atoms with Gasteiger partial charge in [-0.05, 0) is 24.3 Å². The fourth-order valence-corrected chi connectivity index (χ4v) is 1.91. The molecule has 0 atom stereocenters. The number of nitrogens with two attached hydrogens (primary N) is 2. The van der Waals surface area contributed by atoms with Crippen LogP contribution in [0.2, 0.25) is 0 Å². The molecule has 2 amide bonds. The maximum atomic E-state index is 10.6. The van der Waals surface area contributed by atoms with E-state index < -0.39 is 11.8 Å². The van der Waals surface area contributed by atoms with Crippen molar-refractivity contribution in [2.45, 2.75) is 9.79 Å². The van der Waals surface area contributed by atoms with Crippen LogP contribution in [0.4, 0.5) is 0 Å². The standard InChI is InChI=1S/2C7H7NOS.H2S/c2*8-7(9)5-3-1-2-4-6(5)10;/h2*1-4,10H,(H2,8,9);1H2. The van der Waals surface area contributed by atoms with Gasteiger partial charge < -0.3 is 11.5 Å². The lowest BCUT2D eigenvalue weighted by molar-refractivity contribution is 0.0989. The van der Waals surface area contributed by atoms with Gasteiger partial charge in [0, 0.05) is 9.79 Å². The topological polar surface area (TPSA) is 86.2 Å². The van der Waals surface area contributed by atoms with Gasteiger partial charge in [-0.25, -0.2) is 0 Å². The third-order valence-corrected chi connectivity index (χ3v) is 3.12. The molecule has 4 N–H and O–H groups in total. The number of rotatable bonds is 2. The van der Waals surface area contributed by atoms with Crippen LogP contribution in [0.15, 0.2) is 58.3 Å². The molecular weight excluding hydrogens is 324 g/mol. The van der Waals surface area contributed by atoms with Crippen LogP contribution < -0.4 is 11.5 Å². The zero-order valence-corrected chi connectivity index (χ0v) is 13.8. The van der Waals surface area contributed by atoms with Gasteiger partial charge in [0.25, 0.3) is 0 Å². The van der Waals surface area contributed by atoms with Crippen molar-refractivity contribution in [3.05, 3.63) is 59.7 Å². The van der Waals surface area contributed by atoms with Crippen LogP contribution >= 0.6 is 38.8 Å². The highest BCUT2D eigenvalue weighted by Crippen LogP contribution is 2.11. The number of amides is 2. The maximum Gasteiger partial charge on any atom is 0.249 e. The summed E-state index contributed by atoms with van der Waals surface area (Å²) in [4.78, 5) is 22.4. The highest BCUT2D eigenvalue weighted by molar-refractivity contribution is 7.80. The molecule has 0 aliphatic heterocycles. The second-order valence-corrected chi connectivity index (χ2v) is 4.73. The Hall–Kier alpha value is -1.57. The summed E-state index contributed by atoms with van der Waals surface area (Å²) in [7, 11) is 0. The molecular formula is C14H16N2O2S3. The average Bonchev–Trinajstić information content (AvgIpc) is 2.40. The number of carbonyl (C=O) groups excluding carboxylic acids is 2. The van der Waals surface area contributed by atoms with Crippen LogP contribution in [0.1, 0.15) is 20.7 Å². The Morgan fingerprint density at radius 3 is 1.19 bits per heavy atom. The molecule has 0 saturated carbocycles. The van der Waals surface area contributed by atoms with Gasteiger partial charge in [-0.1, -0.05) is 24.3 Å². The van der Waals surface area contributed by atoms with Crippen molar-refractivity contribution in [2.24, 2.45) is 11.5 Å². The lowest BCUT2D eigenvalue weighted by Crippen LogP contribution is -2.11. The fraction of sp³-hybridized carbons (Fsp3) is 0. The van der Waals surface area contributed by atoms with E-state index in [0.717, 1.165) is 0 Å². The number of thiol groups is 2. The van der Waals surface area contributed by atoms with E-state index in [0.29, 0.717) is 20.9 Å². The molecule has 0 aromatic heterocycles. The Bertz CT molecular complexity index is 578. The Balaban J connectivity index is 0.000000364.